The maximum atomic E-state index is 13.1. The van der Waals surface area contributed by atoms with Gasteiger partial charge < -0.3 is 5.11 Å². The molecule has 1 N–H and O–H groups in total. The number of carboxylic acid groups (broad SMARTS) is 1. The Morgan fingerprint density at radius 1 is 1.47 bits per heavy atom. The Kier molecular flexibility index (Phi) is 2.65. The van der Waals surface area contributed by atoms with Crippen LogP contribution in [0.1, 0.15) is 24.3 Å². The Morgan fingerprint density at radius 2 is 2.13 bits per heavy atom. The largest absolute Gasteiger partial charge is 0.481 e. The van der Waals surface area contributed by atoms with Crippen LogP contribution in [0.4, 0.5) is 4.39 Å². The lowest BCUT2D eigenvalue weighted by Gasteiger charge is -2.11. The minimum atomic E-state index is -0.904. The molecule has 1 saturated carbocycles. The molecule has 4 heteroatoms. The molecule has 0 saturated heterocycles. The van der Waals surface area contributed by atoms with Gasteiger partial charge in [0.15, 0.2) is 0 Å². The summed E-state index contributed by atoms with van der Waals surface area (Å²) in [5, 5.41) is 9.30. The molecular weight excluding hydrogens is 219 g/mol. The molecular formula is C11H10ClFO2. The topological polar surface area (TPSA) is 37.3 Å². The van der Waals surface area contributed by atoms with Gasteiger partial charge in [-0.25, -0.2) is 4.39 Å². The van der Waals surface area contributed by atoms with E-state index in [9.17, 15) is 9.18 Å². The summed E-state index contributed by atoms with van der Waals surface area (Å²) >= 11 is 5.69. The molecule has 0 amide bonds. The molecule has 0 spiro atoms. The smallest absolute Gasteiger partial charge is 0.311 e. The van der Waals surface area contributed by atoms with Crippen molar-refractivity contribution in [2.75, 3.05) is 0 Å². The number of benzene rings is 1. The highest BCUT2D eigenvalue weighted by Gasteiger charge is 2.37. The van der Waals surface area contributed by atoms with Gasteiger partial charge >= 0.3 is 5.97 Å². The lowest BCUT2D eigenvalue weighted by molar-refractivity contribution is -0.139. The third kappa shape index (κ3) is 2.29. The van der Waals surface area contributed by atoms with E-state index in [-0.39, 0.29) is 10.9 Å². The maximum Gasteiger partial charge on any atom is 0.311 e. The first-order chi connectivity index (χ1) is 7.08. The van der Waals surface area contributed by atoms with Crippen LogP contribution in [0, 0.1) is 11.7 Å². The second-order valence-electron chi connectivity index (χ2n) is 3.86. The van der Waals surface area contributed by atoms with E-state index in [2.05, 4.69) is 0 Å². The van der Waals surface area contributed by atoms with Crippen LogP contribution in [0.5, 0.6) is 0 Å². The van der Waals surface area contributed by atoms with Crippen LogP contribution in [-0.4, -0.2) is 11.1 Å². The lowest BCUT2D eigenvalue weighted by Crippen LogP contribution is -2.13. The van der Waals surface area contributed by atoms with E-state index < -0.39 is 17.7 Å². The van der Waals surface area contributed by atoms with Gasteiger partial charge in [-0.3, -0.25) is 4.79 Å². The third-order valence-electron chi connectivity index (χ3n) is 2.60. The van der Waals surface area contributed by atoms with E-state index in [0.29, 0.717) is 5.56 Å². The molecule has 0 aromatic heterocycles. The maximum absolute atomic E-state index is 13.1. The molecule has 1 fully saturated rings. The molecule has 15 heavy (non-hydrogen) atoms. The summed E-state index contributed by atoms with van der Waals surface area (Å²) < 4.78 is 13.1. The molecule has 1 aromatic carbocycles. The number of hydrogen-bond acceptors (Lipinski definition) is 1. The highest BCUT2D eigenvalue weighted by atomic mass is 35.5. The Morgan fingerprint density at radius 3 is 2.60 bits per heavy atom. The van der Waals surface area contributed by atoms with E-state index in [1.54, 1.807) is 0 Å². The van der Waals surface area contributed by atoms with Crippen molar-refractivity contribution in [3.8, 4) is 0 Å². The average molecular weight is 229 g/mol. The van der Waals surface area contributed by atoms with Gasteiger partial charge in [0.05, 0.1) is 5.92 Å². The molecule has 2 rings (SSSR count). The van der Waals surface area contributed by atoms with Crippen molar-refractivity contribution in [3.63, 3.8) is 0 Å². The predicted octanol–water partition coefficient (Wildman–Crippen LogP) is 3.06. The van der Waals surface area contributed by atoms with Gasteiger partial charge in [-0.2, -0.15) is 0 Å². The van der Waals surface area contributed by atoms with E-state index >= 15 is 0 Å². The zero-order valence-corrected chi connectivity index (χ0v) is 8.67. The zero-order chi connectivity index (χ0) is 11.0. The number of halogens is 2. The monoisotopic (exact) mass is 228 g/mol. The van der Waals surface area contributed by atoms with Gasteiger partial charge in [-0.05, 0) is 42.5 Å². The van der Waals surface area contributed by atoms with Crippen LogP contribution < -0.4 is 0 Å². The molecule has 1 aromatic rings. The van der Waals surface area contributed by atoms with E-state index in [1.165, 1.54) is 18.2 Å². The molecule has 80 valence electrons. The Hall–Kier alpha value is -1.09. The Bertz CT molecular complexity index is 381. The molecule has 0 heterocycles. The van der Waals surface area contributed by atoms with Crippen molar-refractivity contribution in [2.45, 2.75) is 18.8 Å². The summed E-state index contributed by atoms with van der Waals surface area (Å²) in [6.45, 7) is 0. The average Bonchev–Trinajstić information content (AvgIpc) is 2.85. The number of carboxylic acids is 1. The van der Waals surface area contributed by atoms with Crippen molar-refractivity contribution >= 4 is 17.6 Å². The minimum Gasteiger partial charge on any atom is -0.481 e. The standard InChI is InChI=1S/C11H10ClFO2/c12-8-3-7(4-9(13)5-8)10(11(14)15)6-1-2-6/h3-6,10H,1-2H2,(H,14,15). The van der Waals surface area contributed by atoms with Crippen molar-refractivity contribution in [3.05, 3.63) is 34.6 Å². The number of carbonyl (C=O) groups is 1. The van der Waals surface area contributed by atoms with Crippen LogP contribution in [0.15, 0.2) is 18.2 Å². The van der Waals surface area contributed by atoms with Crippen LogP contribution in [0.2, 0.25) is 5.02 Å². The normalized spacial score (nSPS) is 17.5. The fraction of sp³-hybridized carbons (Fsp3) is 0.364. The number of aliphatic carboxylic acids is 1. The fourth-order valence-corrected chi connectivity index (χ4v) is 2.03. The van der Waals surface area contributed by atoms with Gasteiger partial charge in [0.2, 0.25) is 0 Å². The fourth-order valence-electron chi connectivity index (χ4n) is 1.80. The van der Waals surface area contributed by atoms with Crippen molar-refractivity contribution < 1.29 is 14.3 Å². The van der Waals surface area contributed by atoms with Gasteiger partial charge in [0, 0.05) is 5.02 Å². The summed E-state index contributed by atoms with van der Waals surface area (Å²) in [4.78, 5) is 11.0. The first-order valence-corrected chi connectivity index (χ1v) is 5.14. The highest BCUT2D eigenvalue weighted by molar-refractivity contribution is 6.30. The molecule has 0 radical (unpaired) electrons. The van der Waals surface area contributed by atoms with Crippen LogP contribution in [0.3, 0.4) is 0 Å². The Balaban J connectivity index is 2.36. The van der Waals surface area contributed by atoms with Crippen LogP contribution in [0.25, 0.3) is 0 Å². The third-order valence-corrected chi connectivity index (χ3v) is 2.82. The zero-order valence-electron chi connectivity index (χ0n) is 7.91. The minimum absolute atomic E-state index is 0.139. The molecule has 1 aliphatic carbocycles. The first-order valence-electron chi connectivity index (χ1n) is 4.76. The second-order valence-corrected chi connectivity index (χ2v) is 4.29. The quantitative estimate of drug-likeness (QED) is 0.863. The van der Waals surface area contributed by atoms with Gasteiger partial charge in [0.1, 0.15) is 5.82 Å². The Labute approximate surface area is 91.7 Å². The van der Waals surface area contributed by atoms with Crippen molar-refractivity contribution in [1.82, 2.24) is 0 Å². The lowest BCUT2D eigenvalue weighted by atomic mass is 9.94. The van der Waals surface area contributed by atoms with Crippen molar-refractivity contribution in [1.29, 1.82) is 0 Å². The van der Waals surface area contributed by atoms with Gasteiger partial charge in [-0.1, -0.05) is 11.6 Å². The van der Waals surface area contributed by atoms with E-state index in [1.807, 2.05) is 0 Å². The van der Waals surface area contributed by atoms with Crippen LogP contribution in [-0.2, 0) is 4.79 Å². The molecule has 1 unspecified atom stereocenters. The summed E-state index contributed by atoms with van der Waals surface area (Å²) in [5.41, 5.74) is 0.468. The van der Waals surface area contributed by atoms with Gasteiger partial charge in [0.25, 0.3) is 0 Å². The molecule has 1 atom stereocenters. The van der Waals surface area contributed by atoms with Crippen molar-refractivity contribution in [2.24, 2.45) is 5.92 Å². The number of hydrogen-bond donors (Lipinski definition) is 1. The van der Waals surface area contributed by atoms with E-state index in [0.717, 1.165) is 12.8 Å². The summed E-state index contributed by atoms with van der Waals surface area (Å²) in [6, 6.07) is 3.96. The highest BCUT2D eigenvalue weighted by Crippen LogP contribution is 2.43. The summed E-state index contributed by atoms with van der Waals surface area (Å²) in [5.74, 6) is -1.86. The number of rotatable bonds is 3. The van der Waals surface area contributed by atoms with E-state index in [4.69, 9.17) is 16.7 Å². The molecule has 0 aliphatic heterocycles. The van der Waals surface area contributed by atoms with Crippen LogP contribution >= 0.6 is 11.6 Å². The summed E-state index contributed by atoms with van der Waals surface area (Å²) in [6.07, 6.45) is 1.79. The predicted molar refractivity (Wildman–Crippen MR) is 54.5 cm³/mol. The second kappa shape index (κ2) is 3.81. The molecule has 1 aliphatic rings. The summed E-state index contributed by atoms with van der Waals surface area (Å²) in [7, 11) is 0. The molecule has 2 nitrogen and oxygen atoms in total. The SMILES string of the molecule is O=C(O)C(c1cc(F)cc(Cl)c1)C1CC1. The molecule has 0 bridgehead atoms. The van der Waals surface area contributed by atoms with Gasteiger partial charge in [-0.15, -0.1) is 0 Å². The first kappa shape index (κ1) is 10.4.